The van der Waals surface area contributed by atoms with Crippen molar-refractivity contribution in [2.45, 2.75) is 33.3 Å². The molecule has 45 heavy (non-hydrogen) atoms. The van der Waals surface area contributed by atoms with Gasteiger partial charge in [0, 0.05) is 39.6 Å². The maximum absolute atomic E-state index is 15.3. The first-order chi connectivity index (χ1) is 21.4. The normalized spacial score (nSPS) is 11.4. The van der Waals surface area contributed by atoms with Crippen molar-refractivity contribution in [2.75, 3.05) is 11.9 Å². The number of hydrogen-bond donors (Lipinski definition) is 1. The average molecular weight is 728 g/mol. The fourth-order valence-corrected chi connectivity index (χ4v) is 5.18. The molecule has 5 rings (SSSR count). The average Bonchev–Trinajstić information content (AvgIpc) is 3.32. The van der Waals surface area contributed by atoms with E-state index in [2.05, 4.69) is 10.3 Å². The number of benzene rings is 2. The van der Waals surface area contributed by atoms with Crippen molar-refractivity contribution in [3.05, 3.63) is 104 Å². The lowest BCUT2D eigenvalue weighted by Crippen LogP contribution is -2.29. The first-order valence-electron chi connectivity index (χ1n) is 13.7. The number of carbonyl (C=O) groups is 2. The van der Waals surface area contributed by atoms with E-state index >= 15 is 4.39 Å². The maximum Gasteiger partial charge on any atom is 0.420 e. The van der Waals surface area contributed by atoms with E-state index in [0.717, 1.165) is 6.07 Å². The molecule has 1 amide bonds. The number of amides is 1. The summed E-state index contributed by atoms with van der Waals surface area (Å²) in [6.45, 7) is 7.13. The van der Waals surface area contributed by atoms with Crippen LogP contribution in [-0.4, -0.2) is 38.3 Å². The minimum Gasteiger partial charge on any atom is -0.493 e. The van der Waals surface area contributed by atoms with Crippen LogP contribution in [0.5, 0.6) is 17.2 Å². The first-order valence-corrected chi connectivity index (χ1v) is 14.8. The molecule has 2 aromatic carbocycles. The Morgan fingerprint density at radius 2 is 1.73 bits per heavy atom. The predicted molar refractivity (Wildman–Crippen MR) is 172 cm³/mol. The quantitative estimate of drug-likeness (QED) is 0.175. The molecule has 0 fully saturated rings. The third kappa shape index (κ3) is 6.82. The van der Waals surface area contributed by atoms with Crippen LogP contribution in [0.15, 0.2) is 78.0 Å². The Morgan fingerprint density at radius 1 is 1.00 bits per heavy atom. The van der Waals surface area contributed by atoms with Gasteiger partial charge in [-0.05, 0) is 98.8 Å². The number of fused-ring (bicyclic) bond motifs is 1. The standard InChI is InChI=1S/C32H27F2IN4O6/c1-5-43-24-13-15-38(20-9-6-18(33)7-10-20)30(41)27(24)29(40)37-19-8-11-23(21(34)16-19)44-25-12-14-36-28-26(25)22(35)17-39(28)31(42)45-32(2,3)4/h6-17H,5H2,1-4H3,(H,37,40). The Bertz CT molecular complexity index is 1980. The molecule has 0 atom stereocenters. The Hall–Kier alpha value is -4.79. The molecule has 10 nitrogen and oxygen atoms in total. The summed E-state index contributed by atoms with van der Waals surface area (Å²) in [5.41, 5.74) is -1.08. The number of rotatable bonds is 7. The summed E-state index contributed by atoms with van der Waals surface area (Å²) >= 11 is 2.02. The van der Waals surface area contributed by atoms with Gasteiger partial charge in [0.05, 0.1) is 12.0 Å². The molecule has 1 N–H and O–H groups in total. The van der Waals surface area contributed by atoms with Gasteiger partial charge in [-0.25, -0.2) is 23.1 Å². The third-order valence-corrected chi connectivity index (χ3v) is 7.11. The van der Waals surface area contributed by atoms with Crippen molar-refractivity contribution < 1.29 is 32.6 Å². The zero-order chi connectivity index (χ0) is 32.5. The molecular weight excluding hydrogens is 701 g/mol. The van der Waals surface area contributed by atoms with E-state index < -0.39 is 34.8 Å². The summed E-state index contributed by atoms with van der Waals surface area (Å²) in [4.78, 5) is 43.7. The highest BCUT2D eigenvalue weighted by Gasteiger charge is 2.24. The van der Waals surface area contributed by atoms with E-state index in [1.807, 2.05) is 22.6 Å². The number of hydrogen-bond acceptors (Lipinski definition) is 7. The number of carbonyl (C=O) groups excluding carboxylic acids is 2. The highest BCUT2D eigenvalue weighted by atomic mass is 127. The summed E-state index contributed by atoms with van der Waals surface area (Å²) in [5, 5.41) is 3.01. The minimum absolute atomic E-state index is 0.0356. The van der Waals surface area contributed by atoms with Gasteiger partial charge in [0.2, 0.25) is 0 Å². The van der Waals surface area contributed by atoms with Crippen LogP contribution in [0, 0.1) is 15.2 Å². The SMILES string of the molecule is CCOc1ccn(-c2ccc(F)cc2)c(=O)c1C(=O)Nc1ccc(Oc2ccnc3c2c(I)cn3C(=O)OC(C)(C)C)c(F)c1. The smallest absolute Gasteiger partial charge is 0.420 e. The summed E-state index contributed by atoms with van der Waals surface area (Å²) in [7, 11) is 0. The van der Waals surface area contributed by atoms with Gasteiger partial charge >= 0.3 is 6.09 Å². The number of nitrogens with zero attached hydrogens (tertiary/aromatic N) is 3. The van der Waals surface area contributed by atoms with E-state index in [-0.39, 0.29) is 40.8 Å². The van der Waals surface area contributed by atoms with E-state index in [1.165, 1.54) is 70.1 Å². The number of anilines is 1. The molecule has 232 valence electrons. The van der Waals surface area contributed by atoms with Crippen molar-refractivity contribution in [1.82, 2.24) is 14.1 Å². The van der Waals surface area contributed by atoms with E-state index in [9.17, 15) is 18.8 Å². The Balaban J connectivity index is 1.41. The zero-order valence-corrected chi connectivity index (χ0v) is 26.7. The van der Waals surface area contributed by atoms with Gasteiger partial charge in [-0.1, -0.05) is 0 Å². The van der Waals surface area contributed by atoms with Crippen LogP contribution in [0.1, 0.15) is 38.1 Å². The van der Waals surface area contributed by atoms with Gasteiger partial charge in [-0.3, -0.25) is 14.2 Å². The highest BCUT2D eigenvalue weighted by Crippen LogP contribution is 2.35. The molecule has 0 spiro atoms. The van der Waals surface area contributed by atoms with Crippen molar-refractivity contribution in [1.29, 1.82) is 0 Å². The van der Waals surface area contributed by atoms with Crippen LogP contribution in [0.3, 0.4) is 0 Å². The second-order valence-electron chi connectivity index (χ2n) is 10.7. The molecule has 5 aromatic rings. The fourth-order valence-electron chi connectivity index (χ4n) is 4.40. The monoisotopic (exact) mass is 728 g/mol. The molecule has 0 aliphatic carbocycles. The molecule has 0 aliphatic rings. The molecule has 0 aliphatic heterocycles. The number of pyridine rings is 2. The van der Waals surface area contributed by atoms with Crippen LogP contribution in [0.2, 0.25) is 0 Å². The van der Waals surface area contributed by atoms with E-state index in [4.69, 9.17) is 14.2 Å². The predicted octanol–water partition coefficient (Wildman–Crippen LogP) is 7.30. The Labute approximate surface area is 269 Å². The minimum atomic E-state index is -0.832. The largest absolute Gasteiger partial charge is 0.493 e. The van der Waals surface area contributed by atoms with Crippen LogP contribution in [-0.2, 0) is 4.74 Å². The Morgan fingerprint density at radius 3 is 2.40 bits per heavy atom. The van der Waals surface area contributed by atoms with Gasteiger partial charge < -0.3 is 19.5 Å². The summed E-state index contributed by atoms with van der Waals surface area (Å²) < 4.78 is 48.7. The number of halogens is 3. The molecule has 0 radical (unpaired) electrons. The van der Waals surface area contributed by atoms with Crippen molar-refractivity contribution in [2.24, 2.45) is 0 Å². The fraction of sp³-hybridized carbons (Fsp3) is 0.188. The van der Waals surface area contributed by atoms with Gasteiger partial charge in [0.15, 0.2) is 17.2 Å². The molecule has 3 aromatic heterocycles. The van der Waals surface area contributed by atoms with Crippen molar-refractivity contribution in [3.63, 3.8) is 0 Å². The second kappa shape index (κ2) is 12.7. The molecule has 0 saturated carbocycles. The van der Waals surface area contributed by atoms with Crippen LogP contribution < -0.4 is 20.3 Å². The van der Waals surface area contributed by atoms with E-state index in [0.29, 0.717) is 14.6 Å². The van der Waals surface area contributed by atoms with E-state index in [1.54, 1.807) is 33.9 Å². The Kier molecular flexibility index (Phi) is 8.91. The van der Waals surface area contributed by atoms with Crippen LogP contribution in [0.4, 0.5) is 19.3 Å². The van der Waals surface area contributed by atoms with Gasteiger partial charge in [0.1, 0.15) is 28.5 Å². The van der Waals surface area contributed by atoms with Crippen LogP contribution >= 0.6 is 22.6 Å². The number of aromatic nitrogens is 3. The molecule has 0 saturated heterocycles. The molecule has 0 unspecified atom stereocenters. The topological polar surface area (TPSA) is 114 Å². The maximum atomic E-state index is 15.3. The molecule has 0 bridgehead atoms. The zero-order valence-electron chi connectivity index (χ0n) is 24.6. The summed E-state index contributed by atoms with van der Waals surface area (Å²) in [6.07, 6.45) is 3.78. The first kappa shape index (κ1) is 31.6. The number of nitrogens with one attached hydrogen (secondary N) is 1. The van der Waals surface area contributed by atoms with Gasteiger partial charge in [0.25, 0.3) is 11.5 Å². The summed E-state index contributed by atoms with van der Waals surface area (Å²) in [6, 6.07) is 12.0. The van der Waals surface area contributed by atoms with Crippen molar-refractivity contribution >= 4 is 51.3 Å². The molecule has 13 heteroatoms. The number of ether oxygens (including phenoxy) is 3. The van der Waals surface area contributed by atoms with Crippen LogP contribution in [0.25, 0.3) is 16.7 Å². The summed E-state index contributed by atoms with van der Waals surface area (Å²) in [5.74, 6) is -1.99. The third-order valence-electron chi connectivity index (χ3n) is 6.29. The molecular formula is C32H27F2IN4O6. The second-order valence-corrected chi connectivity index (χ2v) is 11.8. The van der Waals surface area contributed by atoms with Gasteiger partial charge in [-0.15, -0.1) is 0 Å². The van der Waals surface area contributed by atoms with Crippen molar-refractivity contribution in [3.8, 4) is 22.9 Å². The molecule has 3 heterocycles. The lowest BCUT2D eigenvalue weighted by molar-refractivity contribution is 0.0543. The van der Waals surface area contributed by atoms with Gasteiger partial charge in [-0.2, -0.15) is 0 Å². The lowest BCUT2D eigenvalue weighted by atomic mass is 10.2. The lowest BCUT2D eigenvalue weighted by Gasteiger charge is -2.19. The highest BCUT2D eigenvalue weighted by molar-refractivity contribution is 14.1.